The molecule has 3 rings (SSSR count). The highest BCUT2D eigenvalue weighted by atomic mass is 35.5. The topological polar surface area (TPSA) is 70.2 Å². The molecule has 1 aliphatic heterocycles. The molecule has 1 saturated heterocycles. The van der Waals surface area contributed by atoms with E-state index in [9.17, 15) is 9.59 Å². The third kappa shape index (κ3) is 6.70. The number of hydrogen-bond acceptors (Lipinski definition) is 3. The van der Waals surface area contributed by atoms with Crippen LogP contribution in [0.4, 0.5) is 5.69 Å². The fourth-order valence-electron chi connectivity index (χ4n) is 3.22. The molecular weight excluding hydrogens is 362 g/mol. The maximum Gasteiger partial charge on any atom is 0.247 e. The van der Waals surface area contributed by atoms with Crippen molar-refractivity contribution in [1.29, 1.82) is 0 Å². The summed E-state index contributed by atoms with van der Waals surface area (Å²) in [6.45, 7) is 0.958. The van der Waals surface area contributed by atoms with Gasteiger partial charge in [-0.2, -0.15) is 0 Å². The van der Waals surface area contributed by atoms with E-state index in [0.717, 1.165) is 30.6 Å². The monoisotopic (exact) mass is 387 g/mol. The summed E-state index contributed by atoms with van der Waals surface area (Å²) >= 11 is 0. The molecule has 3 N–H and O–H groups in total. The van der Waals surface area contributed by atoms with Gasteiger partial charge in [-0.25, -0.2) is 0 Å². The van der Waals surface area contributed by atoms with Gasteiger partial charge in [-0.3, -0.25) is 9.59 Å². The number of benzene rings is 2. The lowest BCUT2D eigenvalue weighted by Gasteiger charge is -2.20. The molecule has 1 fully saturated rings. The van der Waals surface area contributed by atoms with Crippen molar-refractivity contribution in [3.63, 3.8) is 0 Å². The molecule has 144 valence electrons. The lowest BCUT2D eigenvalue weighted by Crippen LogP contribution is -2.46. The Morgan fingerprint density at radius 3 is 2.33 bits per heavy atom. The second-order valence-electron chi connectivity index (χ2n) is 6.66. The molecule has 0 spiro atoms. The quantitative estimate of drug-likeness (QED) is 0.684. The number of anilines is 1. The van der Waals surface area contributed by atoms with E-state index in [1.54, 1.807) is 0 Å². The standard InChI is InChI=1S/C21H25N3O2.ClH/c25-20(15-18-12-7-13-22-18)24-19(14-16-8-3-1-4-9-16)21(26)23-17-10-5-2-6-11-17;/h1-6,8-11,18-19,22H,7,12-15H2,(H,23,26)(H,24,25);1H. The maximum atomic E-state index is 12.7. The zero-order valence-electron chi connectivity index (χ0n) is 15.2. The minimum absolute atomic E-state index is 0. The van der Waals surface area contributed by atoms with Crippen LogP contribution in [0.15, 0.2) is 60.7 Å². The summed E-state index contributed by atoms with van der Waals surface area (Å²) in [4.78, 5) is 25.2. The molecule has 2 aromatic rings. The minimum atomic E-state index is -0.605. The fraction of sp³-hybridized carbons (Fsp3) is 0.333. The number of carbonyl (C=O) groups excluding carboxylic acids is 2. The summed E-state index contributed by atoms with van der Waals surface area (Å²) in [5.74, 6) is -0.290. The number of rotatable bonds is 7. The lowest BCUT2D eigenvalue weighted by molar-refractivity contribution is -0.126. The average Bonchev–Trinajstić information content (AvgIpc) is 3.16. The summed E-state index contributed by atoms with van der Waals surface area (Å²) in [5, 5.41) is 9.13. The number of carbonyl (C=O) groups is 2. The van der Waals surface area contributed by atoms with E-state index in [0.29, 0.717) is 12.8 Å². The molecule has 1 heterocycles. The van der Waals surface area contributed by atoms with Crippen molar-refractivity contribution in [3.05, 3.63) is 66.2 Å². The third-order valence-electron chi connectivity index (χ3n) is 4.57. The van der Waals surface area contributed by atoms with Crippen LogP contribution < -0.4 is 16.0 Å². The van der Waals surface area contributed by atoms with Crippen LogP contribution in [-0.4, -0.2) is 30.4 Å². The van der Waals surface area contributed by atoms with E-state index >= 15 is 0 Å². The molecule has 6 heteroatoms. The van der Waals surface area contributed by atoms with Gasteiger partial charge in [-0.05, 0) is 37.1 Å². The highest BCUT2D eigenvalue weighted by molar-refractivity contribution is 5.97. The maximum absolute atomic E-state index is 12.7. The number of amides is 2. The first-order chi connectivity index (χ1) is 12.7. The van der Waals surface area contributed by atoms with Crippen molar-refractivity contribution in [2.45, 2.75) is 37.8 Å². The smallest absolute Gasteiger partial charge is 0.247 e. The second kappa shape index (κ2) is 10.7. The lowest BCUT2D eigenvalue weighted by atomic mass is 10.0. The van der Waals surface area contributed by atoms with E-state index in [1.807, 2.05) is 60.7 Å². The van der Waals surface area contributed by atoms with Crippen LogP contribution in [0, 0.1) is 0 Å². The van der Waals surface area contributed by atoms with Crippen molar-refractivity contribution in [3.8, 4) is 0 Å². The summed E-state index contributed by atoms with van der Waals surface area (Å²) in [5.41, 5.74) is 1.74. The molecule has 2 unspecified atom stereocenters. The minimum Gasteiger partial charge on any atom is -0.344 e. The van der Waals surface area contributed by atoms with E-state index < -0.39 is 6.04 Å². The van der Waals surface area contributed by atoms with Crippen molar-refractivity contribution < 1.29 is 9.59 Å². The molecule has 5 nitrogen and oxygen atoms in total. The Bertz CT molecular complexity index is 719. The summed E-state index contributed by atoms with van der Waals surface area (Å²) in [7, 11) is 0. The van der Waals surface area contributed by atoms with E-state index in [4.69, 9.17) is 0 Å². The van der Waals surface area contributed by atoms with Crippen molar-refractivity contribution in [2.75, 3.05) is 11.9 Å². The Labute approximate surface area is 166 Å². The molecule has 27 heavy (non-hydrogen) atoms. The van der Waals surface area contributed by atoms with Crippen LogP contribution in [-0.2, 0) is 16.0 Å². The van der Waals surface area contributed by atoms with E-state index in [1.165, 1.54) is 0 Å². The highest BCUT2D eigenvalue weighted by Gasteiger charge is 2.24. The van der Waals surface area contributed by atoms with Crippen LogP contribution in [0.3, 0.4) is 0 Å². The molecular formula is C21H26ClN3O2. The summed E-state index contributed by atoms with van der Waals surface area (Å²) < 4.78 is 0. The fourth-order valence-corrected chi connectivity index (χ4v) is 3.22. The van der Waals surface area contributed by atoms with Crippen LogP contribution in [0.25, 0.3) is 0 Å². The average molecular weight is 388 g/mol. The molecule has 0 bridgehead atoms. The number of nitrogens with one attached hydrogen (secondary N) is 3. The number of halogens is 1. The Kier molecular flexibility index (Phi) is 8.30. The normalized spacial score (nSPS) is 16.8. The summed E-state index contributed by atoms with van der Waals surface area (Å²) in [6, 6.07) is 18.6. The Hall–Kier alpha value is -2.37. The molecule has 0 aliphatic carbocycles. The van der Waals surface area contributed by atoms with Gasteiger partial charge in [0.25, 0.3) is 0 Å². The summed E-state index contributed by atoms with van der Waals surface area (Å²) in [6.07, 6.45) is 2.97. The van der Waals surface area contributed by atoms with Gasteiger partial charge in [0, 0.05) is 24.6 Å². The van der Waals surface area contributed by atoms with Gasteiger partial charge < -0.3 is 16.0 Å². The van der Waals surface area contributed by atoms with Gasteiger partial charge in [-0.15, -0.1) is 12.4 Å². The first-order valence-corrected chi connectivity index (χ1v) is 9.13. The molecule has 2 amide bonds. The molecule has 2 atom stereocenters. The molecule has 1 aliphatic rings. The molecule has 0 aromatic heterocycles. The van der Waals surface area contributed by atoms with Gasteiger partial charge in [0.15, 0.2) is 0 Å². The van der Waals surface area contributed by atoms with Crippen LogP contribution >= 0.6 is 12.4 Å². The van der Waals surface area contributed by atoms with E-state index in [-0.39, 0.29) is 30.3 Å². The highest BCUT2D eigenvalue weighted by Crippen LogP contribution is 2.11. The number of para-hydroxylation sites is 1. The van der Waals surface area contributed by atoms with Crippen LogP contribution in [0.2, 0.25) is 0 Å². The molecule has 2 aromatic carbocycles. The zero-order valence-corrected chi connectivity index (χ0v) is 16.0. The Morgan fingerprint density at radius 2 is 1.70 bits per heavy atom. The third-order valence-corrected chi connectivity index (χ3v) is 4.57. The van der Waals surface area contributed by atoms with Crippen LogP contribution in [0.1, 0.15) is 24.8 Å². The predicted molar refractivity (Wildman–Crippen MR) is 110 cm³/mol. The zero-order chi connectivity index (χ0) is 18.2. The van der Waals surface area contributed by atoms with E-state index in [2.05, 4.69) is 16.0 Å². The van der Waals surface area contributed by atoms with Crippen molar-refractivity contribution in [1.82, 2.24) is 10.6 Å². The van der Waals surface area contributed by atoms with Crippen molar-refractivity contribution >= 4 is 29.9 Å². The van der Waals surface area contributed by atoms with Crippen molar-refractivity contribution in [2.24, 2.45) is 0 Å². The van der Waals surface area contributed by atoms with Gasteiger partial charge >= 0.3 is 0 Å². The van der Waals surface area contributed by atoms with Gasteiger partial charge in [0.05, 0.1) is 0 Å². The van der Waals surface area contributed by atoms with Gasteiger partial charge in [0.1, 0.15) is 6.04 Å². The van der Waals surface area contributed by atoms with Gasteiger partial charge in [-0.1, -0.05) is 48.5 Å². The predicted octanol–water partition coefficient (Wildman–Crippen LogP) is 2.92. The van der Waals surface area contributed by atoms with Crippen LogP contribution in [0.5, 0.6) is 0 Å². The Morgan fingerprint density at radius 1 is 1.04 bits per heavy atom. The largest absolute Gasteiger partial charge is 0.344 e. The first-order valence-electron chi connectivity index (χ1n) is 9.13. The Balaban J connectivity index is 0.00000261. The first kappa shape index (κ1) is 20.9. The number of hydrogen-bond donors (Lipinski definition) is 3. The molecule has 0 radical (unpaired) electrons. The van der Waals surface area contributed by atoms with Gasteiger partial charge in [0.2, 0.25) is 11.8 Å². The molecule has 0 saturated carbocycles. The SMILES string of the molecule is Cl.O=C(CC1CCCN1)NC(Cc1ccccc1)C(=O)Nc1ccccc1. The second-order valence-corrected chi connectivity index (χ2v) is 6.66.